The van der Waals surface area contributed by atoms with Crippen LogP contribution in [0.1, 0.15) is 27.8 Å². The molecule has 0 fully saturated rings. The second-order valence-electron chi connectivity index (χ2n) is 4.91. The van der Waals surface area contributed by atoms with Gasteiger partial charge in [-0.3, -0.25) is 0 Å². The molecule has 0 aliphatic heterocycles. The van der Waals surface area contributed by atoms with E-state index in [-0.39, 0.29) is 0 Å². The highest BCUT2D eigenvalue weighted by molar-refractivity contribution is 5.44. The molecule has 2 aromatic carbocycles. The first-order valence-electron chi connectivity index (χ1n) is 6.30. The van der Waals surface area contributed by atoms with Crippen LogP contribution in [0.5, 0.6) is 5.75 Å². The molecule has 0 aliphatic rings. The molecule has 18 heavy (non-hydrogen) atoms. The zero-order valence-corrected chi connectivity index (χ0v) is 11.6. The molecular weight excluding hydrogens is 220 g/mol. The first-order valence-corrected chi connectivity index (χ1v) is 6.30. The van der Waals surface area contributed by atoms with E-state index in [2.05, 4.69) is 57.2 Å². The van der Waals surface area contributed by atoms with E-state index < -0.39 is 0 Å². The number of aryl methyl sites for hydroxylation is 3. The van der Waals surface area contributed by atoms with E-state index in [1.54, 1.807) is 7.11 Å². The van der Waals surface area contributed by atoms with Crippen LogP contribution in [0.25, 0.3) is 0 Å². The molecule has 0 atom stereocenters. The molecule has 0 bridgehead atoms. The van der Waals surface area contributed by atoms with E-state index in [1.807, 2.05) is 0 Å². The van der Waals surface area contributed by atoms with Crippen molar-refractivity contribution in [3.05, 3.63) is 64.2 Å². The fourth-order valence-electron chi connectivity index (χ4n) is 2.22. The summed E-state index contributed by atoms with van der Waals surface area (Å²) in [6, 6.07) is 13.0. The number of hydrogen-bond donors (Lipinski definition) is 0. The van der Waals surface area contributed by atoms with Gasteiger partial charge in [0.25, 0.3) is 0 Å². The smallest absolute Gasteiger partial charge is 0.122 e. The highest BCUT2D eigenvalue weighted by Crippen LogP contribution is 2.25. The number of ether oxygens (including phenoxy) is 1. The first kappa shape index (κ1) is 12.7. The molecule has 0 radical (unpaired) electrons. The average molecular weight is 240 g/mol. The van der Waals surface area contributed by atoms with Gasteiger partial charge in [0, 0.05) is 6.42 Å². The molecule has 0 aliphatic carbocycles. The summed E-state index contributed by atoms with van der Waals surface area (Å²) in [6.07, 6.45) is 0.923. The summed E-state index contributed by atoms with van der Waals surface area (Å²) >= 11 is 0. The lowest BCUT2D eigenvalue weighted by Gasteiger charge is -2.12. The number of benzene rings is 2. The zero-order chi connectivity index (χ0) is 13.1. The van der Waals surface area contributed by atoms with Crippen LogP contribution >= 0.6 is 0 Å². The number of rotatable bonds is 3. The Morgan fingerprint density at radius 1 is 0.944 bits per heavy atom. The van der Waals surface area contributed by atoms with Crippen molar-refractivity contribution in [3.63, 3.8) is 0 Å². The zero-order valence-electron chi connectivity index (χ0n) is 11.6. The summed E-state index contributed by atoms with van der Waals surface area (Å²) in [5.74, 6) is 0.986. The van der Waals surface area contributed by atoms with Gasteiger partial charge in [0.15, 0.2) is 0 Å². The predicted molar refractivity (Wildman–Crippen MR) is 76.5 cm³/mol. The Bertz CT molecular complexity index is 556. The molecule has 0 heterocycles. The minimum absolute atomic E-state index is 0.923. The van der Waals surface area contributed by atoms with Gasteiger partial charge in [-0.05, 0) is 49.1 Å². The van der Waals surface area contributed by atoms with Gasteiger partial charge in [-0.2, -0.15) is 0 Å². The van der Waals surface area contributed by atoms with Crippen molar-refractivity contribution in [1.29, 1.82) is 0 Å². The van der Waals surface area contributed by atoms with Crippen LogP contribution < -0.4 is 4.74 Å². The molecule has 1 heteroatoms. The van der Waals surface area contributed by atoms with Gasteiger partial charge < -0.3 is 4.74 Å². The quantitative estimate of drug-likeness (QED) is 0.781. The Labute approximate surface area is 109 Å². The van der Waals surface area contributed by atoms with Crippen molar-refractivity contribution < 1.29 is 4.74 Å². The molecule has 0 spiro atoms. The lowest BCUT2D eigenvalue weighted by molar-refractivity contribution is 0.410. The molecule has 0 saturated heterocycles. The summed E-state index contributed by atoms with van der Waals surface area (Å²) < 4.78 is 5.48. The number of methoxy groups -OCH3 is 1. The molecule has 0 unspecified atom stereocenters. The van der Waals surface area contributed by atoms with E-state index in [0.717, 1.165) is 12.2 Å². The van der Waals surface area contributed by atoms with Crippen molar-refractivity contribution in [2.75, 3.05) is 7.11 Å². The maximum Gasteiger partial charge on any atom is 0.122 e. The second-order valence-corrected chi connectivity index (χ2v) is 4.91. The molecule has 1 nitrogen and oxygen atoms in total. The Balaban J connectivity index is 2.36. The highest BCUT2D eigenvalue weighted by atomic mass is 16.5. The van der Waals surface area contributed by atoms with Crippen LogP contribution in [0.15, 0.2) is 36.4 Å². The third-order valence-corrected chi connectivity index (χ3v) is 3.37. The average Bonchev–Trinajstić information content (AvgIpc) is 2.33. The summed E-state index contributed by atoms with van der Waals surface area (Å²) in [6.45, 7) is 6.39. The third-order valence-electron chi connectivity index (χ3n) is 3.37. The first-order chi connectivity index (χ1) is 8.60. The Kier molecular flexibility index (Phi) is 3.71. The van der Waals surface area contributed by atoms with Crippen molar-refractivity contribution in [1.82, 2.24) is 0 Å². The van der Waals surface area contributed by atoms with Crippen molar-refractivity contribution in [2.45, 2.75) is 27.2 Å². The largest absolute Gasteiger partial charge is 0.496 e. The molecule has 2 aromatic rings. The van der Waals surface area contributed by atoms with Gasteiger partial charge >= 0.3 is 0 Å². The van der Waals surface area contributed by atoms with Crippen LogP contribution in [0.3, 0.4) is 0 Å². The van der Waals surface area contributed by atoms with E-state index >= 15 is 0 Å². The van der Waals surface area contributed by atoms with E-state index in [1.165, 1.54) is 27.8 Å². The fourth-order valence-corrected chi connectivity index (χ4v) is 2.22. The van der Waals surface area contributed by atoms with Gasteiger partial charge in [0.2, 0.25) is 0 Å². The molecule has 2 rings (SSSR count). The Hall–Kier alpha value is -1.76. The Morgan fingerprint density at radius 2 is 1.67 bits per heavy atom. The lowest BCUT2D eigenvalue weighted by atomic mass is 9.98. The van der Waals surface area contributed by atoms with Crippen LogP contribution in [0.4, 0.5) is 0 Å². The normalized spacial score (nSPS) is 10.4. The molecule has 0 aromatic heterocycles. The van der Waals surface area contributed by atoms with Crippen LogP contribution in [-0.2, 0) is 6.42 Å². The molecule has 0 saturated carbocycles. The minimum atomic E-state index is 0.923. The topological polar surface area (TPSA) is 9.23 Å². The number of hydrogen-bond acceptors (Lipinski definition) is 1. The summed E-state index contributed by atoms with van der Waals surface area (Å²) in [4.78, 5) is 0. The molecular formula is C17H20O. The second kappa shape index (κ2) is 5.26. The molecule has 94 valence electrons. The molecule has 0 amide bonds. The highest BCUT2D eigenvalue weighted by Gasteiger charge is 2.07. The third kappa shape index (κ3) is 2.73. The van der Waals surface area contributed by atoms with Gasteiger partial charge in [-0.25, -0.2) is 0 Å². The standard InChI is InChI=1S/C17H20O/c1-12-6-5-7-15(8-12)11-16-9-13(2)14(3)10-17(16)18-4/h5-10H,11H2,1-4H3. The lowest BCUT2D eigenvalue weighted by Crippen LogP contribution is -1.96. The van der Waals surface area contributed by atoms with Crippen LogP contribution in [0.2, 0.25) is 0 Å². The van der Waals surface area contributed by atoms with Crippen LogP contribution in [-0.4, -0.2) is 7.11 Å². The fraction of sp³-hybridized carbons (Fsp3) is 0.294. The van der Waals surface area contributed by atoms with E-state index in [4.69, 9.17) is 4.74 Å². The van der Waals surface area contributed by atoms with Crippen molar-refractivity contribution >= 4 is 0 Å². The summed E-state index contributed by atoms with van der Waals surface area (Å²) in [5.41, 5.74) is 6.48. The van der Waals surface area contributed by atoms with Gasteiger partial charge in [0.1, 0.15) is 5.75 Å². The van der Waals surface area contributed by atoms with E-state index in [0.29, 0.717) is 0 Å². The maximum absolute atomic E-state index is 5.48. The van der Waals surface area contributed by atoms with Gasteiger partial charge in [0.05, 0.1) is 7.11 Å². The SMILES string of the molecule is COc1cc(C)c(C)cc1Cc1cccc(C)c1. The minimum Gasteiger partial charge on any atom is -0.496 e. The van der Waals surface area contributed by atoms with Gasteiger partial charge in [-0.15, -0.1) is 0 Å². The maximum atomic E-state index is 5.48. The van der Waals surface area contributed by atoms with E-state index in [9.17, 15) is 0 Å². The monoisotopic (exact) mass is 240 g/mol. The summed E-state index contributed by atoms with van der Waals surface area (Å²) in [7, 11) is 1.74. The predicted octanol–water partition coefficient (Wildman–Crippen LogP) is 4.21. The van der Waals surface area contributed by atoms with Crippen LogP contribution in [0, 0.1) is 20.8 Å². The van der Waals surface area contributed by atoms with Crippen molar-refractivity contribution in [2.24, 2.45) is 0 Å². The van der Waals surface area contributed by atoms with Gasteiger partial charge in [-0.1, -0.05) is 35.9 Å². The Morgan fingerprint density at radius 3 is 2.33 bits per heavy atom. The van der Waals surface area contributed by atoms with Crippen molar-refractivity contribution in [3.8, 4) is 5.75 Å². The summed E-state index contributed by atoms with van der Waals surface area (Å²) in [5, 5.41) is 0. The molecule has 0 N–H and O–H groups in total.